The molecular weight excluding hydrogens is 148 g/mol. The van der Waals surface area contributed by atoms with Crippen molar-refractivity contribution in [1.29, 1.82) is 0 Å². The van der Waals surface area contributed by atoms with Crippen LogP contribution in [-0.2, 0) is 6.42 Å². The van der Waals surface area contributed by atoms with Crippen molar-refractivity contribution in [2.45, 2.75) is 12.5 Å². The fourth-order valence-electron chi connectivity index (χ4n) is 1.43. The van der Waals surface area contributed by atoms with Gasteiger partial charge in [-0.15, -0.1) is 0 Å². The Kier molecular flexibility index (Phi) is 2.19. The predicted octanol–water partition coefficient (Wildman–Crippen LogP) is 1.15. The predicted molar refractivity (Wildman–Crippen MR) is 48.9 cm³/mol. The number of pyridine rings is 1. The lowest BCUT2D eigenvalue weighted by molar-refractivity contribution is 0.664. The molecule has 0 fully saturated rings. The van der Waals surface area contributed by atoms with Crippen molar-refractivity contribution in [3.8, 4) is 0 Å². The lowest BCUT2D eigenvalue weighted by Gasteiger charge is -2.07. The molecule has 0 aromatic carbocycles. The van der Waals surface area contributed by atoms with Crippen LogP contribution in [0.25, 0.3) is 0 Å². The van der Waals surface area contributed by atoms with Gasteiger partial charge in [0.2, 0.25) is 0 Å². The average molecular weight is 160 g/mol. The van der Waals surface area contributed by atoms with Crippen LogP contribution in [0.15, 0.2) is 36.7 Å². The van der Waals surface area contributed by atoms with Gasteiger partial charge in [-0.1, -0.05) is 18.2 Å². The minimum Gasteiger partial charge on any atom is -0.307 e. The molecule has 0 saturated heterocycles. The zero-order valence-electron chi connectivity index (χ0n) is 6.90. The Labute approximate surface area is 72.3 Å². The largest absolute Gasteiger partial charge is 0.307 e. The van der Waals surface area contributed by atoms with E-state index in [1.165, 1.54) is 5.56 Å². The van der Waals surface area contributed by atoms with Gasteiger partial charge in [-0.3, -0.25) is 4.98 Å². The molecule has 0 spiro atoms. The smallest absolute Gasteiger partial charge is 0.0300 e. The topological polar surface area (TPSA) is 24.9 Å². The number of rotatable bonds is 2. The third-order valence-electron chi connectivity index (χ3n) is 2.04. The van der Waals surface area contributed by atoms with Gasteiger partial charge in [-0.2, -0.15) is 0 Å². The molecule has 2 heteroatoms. The van der Waals surface area contributed by atoms with Crippen molar-refractivity contribution in [1.82, 2.24) is 10.3 Å². The number of aromatic nitrogens is 1. The maximum Gasteiger partial charge on any atom is 0.0300 e. The molecule has 0 aliphatic carbocycles. The third-order valence-corrected chi connectivity index (χ3v) is 2.04. The number of nitrogens with one attached hydrogen (secondary N) is 1. The molecular formula is C10H12N2. The summed E-state index contributed by atoms with van der Waals surface area (Å²) >= 11 is 0. The van der Waals surface area contributed by atoms with Crippen LogP contribution in [0.4, 0.5) is 0 Å². The Bertz CT molecular complexity index is 266. The van der Waals surface area contributed by atoms with Crippen molar-refractivity contribution in [2.75, 3.05) is 6.54 Å². The molecule has 2 heterocycles. The first-order valence-corrected chi connectivity index (χ1v) is 4.24. The van der Waals surface area contributed by atoms with Gasteiger partial charge in [0.25, 0.3) is 0 Å². The van der Waals surface area contributed by atoms with E-state index in [2.05, 4.69) is 28.5 Å². The van der Waals surface area contributed by atoms with Gasteiger partial charge in [0.05, 0.1) is 0 Å². The molecule has 0 amide bonds. The second-order valence-corrected chi connectivity index (χ2v) is 3.01. The van der Waals surface area contributed by atoms with E-state index >= 15 is 0 Å². The monoisotopic (exact) mass is 160 g/mol. The van der Waals surface area contributed by atoms with Crippen LogP contribution in [0.5, 0.6) is 0 Å². The number of hydrogen-bond donors (Lipinski definition) is 1. The molecule has 1 aliphatic heterocycles. The molecule has 62 valence electrons. The summed E-state index contributed by atoms with van der Waals surface area (Å²) < 4.78 is 0. The normalized spacial score (nSPS) is 21.5. The van der Waals surface area contributed by atoms with Gasteiger partial charge in [0, 0.05) is 25.0 Å². The molecule has 1 unspecified atom stereocenters. The van der Waals surface area contributed by atoms with Crippen LogP contribution in [-0.4, -0.2) is 17.6 Å². The summed E-state index contributed by atoms with van der Waals surface area (Å²) in [4.78, 5) is 4.07. The summed E-state index contributed by atoms with van der Waals surface area (Å²) in [5, 5.41) is 3.37. The quantitative estimate of drug-likeness (QED) is 0.656. The summed E-state index contributed by atoms with van der Waals surface area (Å²) in [6.45, 7) is 1.00. The van der Waals surface area contributed by atoms with Crippen LogP contribution in [0.2, 0.25) is 0 Å². The lowest BCUT2D eigenvalue weighted by atomic mass is 10.1. The molecule has 1 aromatic rings. The summed E-state index contributed by atoms with van der Waals surface area (Å²) in [6, 6.07) is 4.60. The first-order valence-electron chi connectivity index (χ1n) is 4.24. The van der Waals surface area contributed by atoms with E-state index < -0.39 is 0 Å². The average Bonchev–Trinajstić information content (AvgIpc) is 2.59. The molecule has 0 radical (unpaired) electrons. The lowest BCUT2D eigenvalue weighted by Crippen LogP contribution is -2.24. The Hall–Kier alpha value is -1.15. The van der Waals surface area contributed by atoms with Crippen LogP contribution in [0, 0.1) is 0 Å². The highest BCUT2D eigenvalue weighted by atomic mass is 14.9. The second-order valence-electron chi connectivity index (χ2n) is 3.01. The first kappa shape index (κ1) is 7.50. The van der Waals surface area contributed by atoms with E-state index in [9.17, 15) is 0 Å². The SMILES string of the molecule is C1=CC(Cc2cccnc2)NC1. The van der Waals surface area contributed by atoms with Crippen molar-refractivity contribution in [2.24, 2.45) is 0 Å². The zero-order valence-corrected chi connectivity index (χ0v) is 6.90. The van der Waals surface area contributed by atoms with Crippen molar-refractivity contribution in [3.63, 3.8) is 0 Å². The molecule has 0 saturated carbocycles. The van der Waals surface area contributed by atoms with Gasteiger partial charge in [0.15, 0.2) is 0 Å². The van der Waals surface area contributed by atoms with Gasteiger partial charge in [-0.05, 0) is 18.1 Å². The molecule has 0 bridgehead atoms. The van der Waals surface area contributed by atoms with Crippen LogP contribution in [0.1, 0.15) is 5.56 Å². The molecule has 1 aromatic heterocycles. The Morgan fingerprint density at radius 2 is 2.58 bits per heavy atom. The third kappa shape index (κ3) is 1.71. The van der Waals surface area contributed by atoms with Gasteiger partial charge in [-0.25, -0.2) is 0 Å². The summed E-state index contributed by atoms with van der Waals surface area (Å²) in [6.07, 6.45) is 9.16. The van der Waals surface area contributed by atoms with E-state index in [0.29, 0.717) is 6.04 Å². The van der Waals surface area contributed by atoms with E-state index in [1.807, 2.05) is 12.3 Å². The van der Waals surface area contributed by atoms with E-state index in [1.54, 1.807) is 6.20 Å². The number of nitrogens with zero attached hydrogens (tertiary/aromatic N) is 1. The molecule has 1 atom stereocenters. The molecule has 1 N–H and O–H groups in total. The van der Waals surface area contributed by atoms with Gasteiger partial charge < -0.3 is 5.32 Å². The van der Waals surface area contributed by atoms with E-state index in [0.717, 1.165) is 13.0 Å². The van der Waals surface area contributed by atoms with Crippen molar-refractivity contribution < 1.29 is 0 Å². The fraction of sp³-hybridized carbons (Fsp3) is 0.300. The van der Waals surface area contributed by atoms with E-state index in [-0.39, 0.29) is 0 Å². The molecule has 2 nitrogen and oxygen atoms in total. The Morgan fingerprint density at radius 3 is 3.25 bits per heavy atom. The minimum atomic E-state index is 0.509. The molecule has 2 rings (SSSR count). The molecule has 1 aliphatic rings. The van der Waals surface area contributed by atoms with Crippen LogP contribution >= 0.6 is 0 Å². The summed E-state index contributed by atoms with van der Waals surface area (Å²) in [7, 11) is 0. The first-order chi connectivity index (χ1) is 5.95. The van der Waals surface area contributed by atoms with E-state index in [4.69, 9.17) is 0 Å². The molecule has 12 heavy (non-hydrogen) atoms. The summed E-state index contributed by atoms with van der Waals surface area (Å²) in [5.41, 5.74) is 1.29. The maximum absolute atomic E-state index is 4.07. The Morgan fingerprint density at radius 1 is 1.58 bits per heavy atom. The van der Waals surface area contributed by atoms with Gasteiger partial charge >= 0.3 is 0 Å². The highest BCUT2D eigenvalue weighted by Gasteiger charge is 2.07. The maximum atomic E-state index is 4.07. The standard InChI is InChI=1S/C10H12N2/c1-3-9(8-11-5-1)7-10-4-2-6-12-10/h1-5,8,10,12H,6-7H2. The van der Waals surface area contributed by atoms with Gasteiger partial charge in [0.1, 0.15) is 0 Å². The minimum absolute atomic E-state index is 0.509. The van der Waals surface area contributed by atoms with Crippen LogP contribution in [0.3, 0.4) is 0 Å². The highest BCUT2D eigenvalue weighted by molar-refractivity contribution is 5.14. The highest BCUT2D eigenvalue weighted by Crippen LogP contribution is 2.04. The second kappa shape index (κ2) is 3.50. The Balaban J connectivity index is 1.99. The summed E-state index contributed by atoms with van der Waals surface area (Å²) in [5.74, 6) is 0. The number of hydrogen-bond acceptors (Lipinski definition) is 2. The van der Waals surface area contributed by atoms with Crippen LogP contribution < -0.4 is 5.32 Å². The van der Waals surface area contributed by atoms with Crippen molar-refractivity contribution in [3.05, 3.63) is 42.2 Å². The fourth-order valence-corrected chi connectivity index (χ4v) is 1.43. The van der Waals surface area contributed by atoms with Crippen molar-refractivity contribution >= 4 is 0 Å². The zero-order chi connectivity index (χ0) is 8.23.